The van der Waals surface area contributed by atoms with Crippen LogP contribution in [0.5, 0.6) is 0 Å². The molecule has 0 spiro atoms. The lowest BCUT2D eigenvalue weighted by Gasteiger charge is -2.23. The molecule has 0 bridgehead atoms. The van der Waals surface area contributed by atoms with Crippen molar-refractivity contribution in [3.63, 3.8) is 0 Å². The van der Waals surface area contributed by atoms with Crippen LogP contribution in [-0.2, 0) is 5.60 Å². The van der Waals surface area contributed by atoms with Crippen LogP contribution in [0, 0.1) is 13.8 Å². The molecule has 0 saturated heterocycles. The minimum absolute atomic E-state index is 0.514. The molecule has 2 aromatic carbocycles. The SMILES string of the molecule is Cc1ccc(-n2nc(C)nc2C(C)(O)c2ccccc2)cc1. The topological polar surface area (TPSA) is 50.9 Å². The van der Waals surface area contributed by atoms with E-state index < -0.39 is 5.60 Å². The summed E-state index contributed by atoms with van der Waals surface area (Å²) in [4.78, 5) is 4.46. The van der Waals surface area contributed by atoms with E-state index in [-0.39, 0.29) is 0 Å². The van der Waals surface area contributed by atoms with E-state index in [1.165, 1.54) is 5.56 Å². The van der Waals surface area contributed by atoms with Crippen LogP contribution in [0.3, 0.4) is 0 Å². The van der Waals surface area contributed by atoms with Gasteiger partial charge in [0, 0.05) is 0 Å². The van der Waals surface area contributed by atoms with Crippen molar-refractivity contribution in [3.8, 4) is 5.69 Å². The maximum Gasteiger partial charge on any atom is 0.168 e. The van der Waals surface area contributed by atoms with E-state index in [0.717, 1.165) is 11.3 Å². The summed E-state index contributed by atoms with van der Waals surface area (Å²) in [6.07, 6.45) is 0. The van der Waals surface area contributed by atoms with Crippen LogP contribution in [0.1, 0.15) is 29.7 Å². The van der Waals surface area contributed by atoms with Crippen LogP contribution in [0.15, 0.2) is 54.6 Å². The van der Waals surface area contributed by atoms with Gasteiger partial charge in [-0.3, -0.25) is 0 Å². The summed E-state index contributed by atoms with van der Waals surface area (Å²) < 4.78 is 1.71. The maximum atomic E-state index is 11.0. The van der Waals surface area contributed by atoms with Gasteiger partial charge < -0.3 is 5.11 Å². The van der Waals surface area contributed by atoms with Gasteiger partial charge >= 0.3 is 0 Å². The van der Waals surface area contributed by atoms with Crippen LogP contribution in [0.4, 0.5) is 0 Å². The first-order valence-corrected chi connectivity index (χ1v) is 7.27. The Kier molecular flexibility index (Phi) is 3.54. The Balaban J connectivity index is 2.14. The summed E-state index contributed by atoms with van der Waals surface area (Å²) >= 11 is 0. The van der Waals surface area contributed by atoms with E-state index in [2.05, 4.69) is 10.1 Å². The number of nitrogens with zero attached hydrogens (tertiary/aromatic N) is 3. The second kappa shape index (κ2) is 5.39. The van der Waals surface area contributed by atoms with Gasteiger partial charge in [-0.05, 0) is 38.5 Å². The van der Waals surface area contributed by atoms with E-state index in [4.69, 9.17) is 0 Å². The van der Waals surface area contributed by atoms with Gasteiger partial charge in [0.25, 0.3) is 0 Å². The number of aliphatic hydroxyl groups is 1. The third-order valence-electron chi connectivity index (χ3n) is 3.76. The van der Waals surface area contributed by atoms with Gasteiger partial charge in [-0.15, -0.1) is 0 Å². The zero-order chi connectivity index (χ0) is 15.7. The molecule has 0 aliphatic rings. The van der Waals surface area contributed by atoms with Gasteiger partial charge in [-0.25, -0.2) is 9.67 Å². The summed E-state index contributed by atoms with van der Waals surface area (Å²) in [5, 5.41) is 15.5. The number of benzene rings is 2. The highest BCUT2D eigenvalue weighted by molar-refractivity contribution is 5.37. The fraction of sp³-hybridized carbons (Fsp3) is 0.222. The van der Waals surface area contributed by atoms with E-state index >= 15 is 0 Å². The number of hydrogen-bond donors (Lipinski definition) is 1. The molecule has 1 N–H and O–H groups in total. The Bertz CT molecular complexity index is 774. The zero-order valence-corrected chi connectivity index (χ0v) is 13.0. The van der Waals surface area contributed by atoms with Gasteiger partial charge in [0.2, 0.25) is 0 Å². The van der Waals surface area contributed by atoms with Gasteiger partial charge in [-0.2, -0.15) is 5.10 Å². The molecule has 1 unspecified atom stereocenters. The molecule has 1 atom stereocenters. The van der Waals surface area contributed by atoms with E-state index in [1.54, 1.807) is 11.6 Å². The lowest BCUT2D eigenvalue weighted by atomic mass is 9.95. The lowest BCUT2D eigenvalue weighted by Crippen LogP contribution is -2.27. The maximum absolute atomic E-state index is 11.0. The monoisotopic (exact) mass is 293 g/mol. The number of aryl methyl sites for hydroxylation is 2. The fourth-order valence-corrected chi connectivity index (χ4v) is 2.49. The van der Waals surface area contributed by atoms with Crippen molar-refractivity contribution in [2.75, 3.05) is 0 Å². The van der Waals surface area contributed by atoms with Gasteiger partial charge in [0.15, 0.2) is 5.82 Å². The second-order valence-corrected chi connectivity index (χ2v) is 5.67. The van der Waals surface area contributed by atoms with Crippen LogP contribution in [-0.4, -0.2) is 19.9 Å². The smallest absolute Gasteiger partial charge is 0.168 e. The molecule has 112 valence electrons. The highest BCUT2D eigenvalue weighted by atomic mass is 16.3. The molecule has 0 fully saturated rings. The Morgan fingerprint density at radius 2 is 1.59 bits per heavy atom. The quantitative estimate of drug-likeness (QED) is 0.807. The average Bonchev–Trinajstić information content (AvgIpc) is 2.92. The van der Waals surface area contributed by atoms with Crippen molar-refractivity contribution >= 4 is 0 Å². The predicted octanol–water partition coefficient (Wildman–Crippen LogP) is 3.14. The highest BCUT2D eigenvalue weighted by Crippen LogP contribution is 2.29. The largest absolute Gasteiger partial charge is 0.377 e. The molecule has 4 heteroatoms. The molecule has 0 amide bonds. The molecule has 0 aliphatic carbocycles. The van der Waals surface area contributed by atoms with Crippen LogP contribution in [0.25, 0.3) is 5.69 Å². The standard InChI is InChI=1S/C18H19N3O/c1-13-9-11-16(12-10-13)21-17(19-14(2)20-21)18(3,22)15-7-5-4-6-8-15/h4-12,22H,1-3H3. The first kappa shape index (κ1) is 14.5. The molecule has 1 aromatic heterocycles. The van der Waals surface area contributed by atoms with E-state index in [9.17, 15) is 5.11 Å². The van der Waals surface area contributed by atoms with Crippen molar-refractivity contribution in [1.82, 2.24) is 14.8 Å². The van der Waals surface area contributed by atoms with Crippen molar-refractivity contribution in [1.29, 1.82) is 0 Å². The third-order valence-corrected chi connectivity index (χ3v) is 3.76. The molecule has 3 rings (SSSR count). The minimum atomic E-state index is -1.21. The molecule has 4 nitrogen and oxygen atoms in total. The third kappa shape index (κ3) is 2.53. The first-order valence-electron chi connectivity index (χ1n) is 7.27. The lowest BCUT2D eigenvalue weighted by molar-refractivity contribution is 0.0897. The predicted molar refractivity (Wildman–Crippen MR) is 85.9 cm³/mol. The van der Waals surface area contributed by atoms with Crippen LogP contribution >= 0.6 is 0 Å². The van der Waals surface area contributed by atoms with Gasteiger partial charge in [0.1, 0.15) is 11.4 Å². The molecular weight excluding hydrogens is 274 g/mol. The van der Waals surface area contributed by atoms with Crippen molar-refractivity contribution in [2.45, 2.75) is 26.4 Å². The summed E-state index contributed by atoms with van der Waals surface area (Å²) in [5.41, 5.74) is 1.64. The highest BCUT2D eigenvalue weighted by Gasteiger charge is 2.32. The average molecular weight is 293 g/mol. The van der Waals surface area contributed by atoms with Gasteiger partial charge in [-0.1, -0.05) is 48.0 Å². The fourth-order valence-electron chi connectivity index (χ4n) is 2.49. The molecule has 1 heterocycles. The van der Waals surface area contributed by atoms with E-state index in [1.807, 2.05) is 68.4 Å². The summed E-state index contributed by atoms with van der Waals surface area (Å²) in [5.74, 6) is 1.15. The molecule has 0 aliphatic heterocycles. The van der Waals surface area contributed by atoms with E-state index in [0.29, 0.717) is 11.6 Å². The normalized spacial score (nSPS) is 13.8. The molecular formula is C18H19N3O. The summed E-state index contributed by atoms with van der Waals surface area (Å²) in [7, 11) is 0. The van der Waals surface area contributed by atoms with Crippen molar-refractivity contribution in [2.24, 2.45) is 0 Å². The minimum Gasteiger partial charge on any atom is -0.377 e. The van der Waals surface area contributed by atoms with Crippen molar-refractivity contribution in [3.05, 3.63) is 77.4 Å². The molecule has 22 heavy (non-hydrogen) atoms. The summed E-state index contributed by atoms with van der Waals surface area (Å²) in [6, 6.07) is 17.5. The molecule has 3 aromatic rings. The number of hydrogen-bond acceptors (Lipinski definition) is 3. The van der Waals surface area contributed by atoms with Crippen LogP contribution in [0.2, 0.25) is 0 Å². The number of rotatable bonds is 3. The molecule has 0 radical (unpaired) electrons. The Morgan fingerprint density at radius 1 is 0.955 bits per heavy atom. The summed E-state index contributed by atoms with van der Waals surface area (Å²) in [6.45, 7) is 5.61. The Labute approximate surface area is 130 Å². The zero-order valence-electron chi connectivity index (χ0n) is 13.0. The molecule has 0 saturated carbocycles. The number of aromatic nitrogens is 3. The first-order chi connectivity index (χ1) is 10.5. The van der Waals surface area contributed by atoms with Crippen molar-refractivity contribution < 1.29 is 5.11 Å². The van der Waals surface area contributed by atoms with Crippen LogP contribution < -0.4 is 0 Å². The Hall–Kier alpha value is -2.46. The Morgan fingerprint density at radius 3 is 2.23 bits per heavy atom. The second-order valence-electron chi connectivity index (χ2n) is 5.67. The van der Waals surface area contributed by atoms with Gasteiger partial charge in [0.05, 0.1) is 5.69 Å².